The van der Waals surface area contributed by atoms with Crippen molar-refractivity contribution in [2.24, 2.45) is 7.05 Å². The van der Waals surface area contributed by atoms with Crippen LogP contribution in [0.25, 0.3) is 20.3 Å². The molecule has 0 saturated heterocycles. The molecule has 3 heteroatoms. The summed E-state index contributed by atoms with van der Waals surface area (Å²) >= 11 is 1.85. The minimum Gasteiger partial charge on any atom is -0.236 e. The Morgan fingerprint density at radius 2 is 2.18 bits per heavy atom. The largest absolute Gasteiger partial charge is 0.286 e. The van der Waals surface area contributed by atoms with Gasteiger partial charge in [0.15, 0.2) is 0 Å². The highest BCUT2D eigenvalue weighted by molar-refractivity contribution is 7.25. The number of benzene rings is 1. The molecule has 0 amide bonds. The molecule has 2 aromatic heterocycles. The van der Waals surface area contributed by atoms with Gasteiger partial charge in [-0.25, -0.2) is 4.57 Å². The van der Waals surface area contributed by atoms with Gasteiger partial charge in [0.2, 0.25) is 5.52 Å². The Bertz CT molecular complexity index is 713. The van der Waals surface area contributed by atoms with Crippen molar-refractivity contribution in [2.45, 2.75) is 20.3 Å². The summed E-state index contributed by atoms with van der Waals surface area (Å²) in [6.45, 7) is 4.33. The second kappa shape index (κ2) is 3.77. The number of hydrogen-bond acceptors (Lipinski definition) is 2. The highest BCUT2D eigenvalue weighted by Crippen LogP contribution is 2.33. The third-order valence-corrected chi connectivity index (χ3v) is 4.41. The van der Waals surface area contributed by atoms with Crippen LogP contribution in [0.5, 0.6) is 0 Å². The number of thiophene rings is 1. The number of fused-ring (bicyclic) bond motifs is 3. The maximum Gasteiger partial charge on any atom is 0.286 e. The quantitative estimate of drug-likeness (QED) is 0.600. The summed E-state index contributed by atoms with van der Waals surface area (Å²) in [5.41, 5.74) is 3.82. The van der Waals surface area contributed by atoms with Gasteiger partial charge in [0, 0.05) is 16.5 Å². The highest BCUT2D eigenvalue weighted by Gasteiger charge is 2.16. The Labute approximate surface area is 105 Å². The molecule has 0 radical (unpaired) electrons. The van der Waals surface area contributed by atoms with E-state index in [9.17, 15) is 0 Å². The van der Waals surface area contributed by atoms with Gasteiger partial charge < -0.3 is 0 Å². The van der Waals surface area contributed by atoms with Crippen LogP contribution in [0.1, 0.15) is 18.2 Å². The van der Waals surface area contributed by atoms with Gasteiger partial charge in [0.25, 0.3) is 6.33 Å². The summed E-state index contributed by atoms with van der Waals surface area (Å²) in [5, 5.41) is 1.29. The summed E-state index contributed by atoms with van der Waals surface area (Å²) in [7, 11) is 2.07. The summed E-state index contributed by atoms with van der Waals surface area (Å²) in [6.07, 6.45) is 2.97. The van der Waals surface area contributed by atoms with E-state index >= 15 is 0 Å². The molecule has 0 aliphatic carbocycles. The fourth-order valence-electron chi connectivity index (χ4n) is 2.31. The topological polar surface area (TPSA) is 16.8 Å². The number of rotatable bonds is 1. The number of nitrogens with zero attached hydrogens (tertiary/aromatic N) is 2. The van der Waals surface area contributed by atoms with Crippen LogP contribution in [-0.2, 0) is 13.5 Å². The highest BCUT2D eigenvalue weighted by atomic mass is 32.1. The Hall–Kier alpha value is -1.48. The van der Waals surface area contributed by atoms with E-state index < -0.39 is 0 Å². The average molecular weight is 243 g/mol. The molecule has 0 aliphatic heterocycles. The second-order valence-electron chi connectivity index (χ2n) is 4.44. The Balaban J connectivity index is 2.51. The Kier molecular flexibility index (Phi) is 2.37. The smallest absolute Gasteiger partial charge is 0.236 e. The van der Waals surface area contributed by atoms with E-state index in [4.69, 9.17) is 0 Å². The van der Waals surface area contributed by atoms with E-state index in [1.165, 1.54) is 26.0 Å². The first-order valence-electron chi connectivity index (χ1n) is 5.87. The molecule has 3 aromatic rings. The molecule has 2 nitrogen and oxygen atoms in total. The van der Waals surface area contributed by atoms with E-state index in [2.05, 4.69) is 48.6 Å². The van der Waals surface area contributed by atoms with Crippen molar-refractivity contribution in [3.63, 3.8) is 0 Å². The standard InChI is InChI=1S/C14H15N2S/c1-4-11-14-13(15-8-16(11)3)10-7-9(2)5-6-12(10)17-14/h5-8H,4H2,1-3H3/q+1. The second-order valence-corrected chi connectivity index (χ2v) is 5.49. The first-order valence-corrected chi connectivity index (χ1v) is 6.68. The zero-order valence-corrected chi connectivity index (χ0v) is 11.1. The van der Waals surface area contributed by atoms with Crippen molar-refractivity contribution in [3.05, 3.63) is 35.8 Å². The lowest BCUT2D eigenvalue weighted by Gasteiger charge is -1.97. The summed E-state index contributed by atoms with van der Waals surface area (Å²) < 4.78 is 4.79. The molecule has 2 heterocycles. The van der Waals surface area contributed by atoms with Crippen molar-refractivity contribution in [1.82, 2.24) is 4.98 Å². The van der Waals surface area contributed by atoms with Gasteiger partial charge in [-0.3, -0.25) is 0 Å². The van der Waals surface area contributed by atoms with Crippen molar-refractivity contribution in [3.8, 4) is 0 Å². The van der Waals surface area contributed by atoms with E-state index in [1.807, 2.05) is 17.7 Å². The predicted octanol–water partition coefficient (Wildman–Crippen LogP) is 3.14. The number of aromatic nitrogens is 2. The fourth-order valence-corrected chi connectivity index (χ4v) is 3.59. The average Bonchev–Trinajstić information content (AvgIpc) is 2.67. The van der Waals surface area contributed by atoms with E-state index in [0.29, 0.717) is 0 Å². The van der Waals surface area contributed by atoms with Crippen molar-refractivity contribution in [2.75, 3.05) is 0 Å². The van der Waals surface area contributed by atoms with Crippen LogP contribution in [0.2, 0.25) is 0 Å². The molecular formula is C14H15N2S+. The molecule has 0 N–H and O–H groups in total. The lowest BCUT2D eigenvalue weighted by atomic mass is 10.1. The van der Waals surface area contributed by atoms with Crippen LogP contribution in [-0.4, -0.2) is 4.98 Å². The molecule has 1 aromatic carbocycles. The lowest BCUT2D eigenvalue weighted by Crippen LogP contribution is -2.33. The van der Waals surface area contributed by atoms with Gasteiger partial charge in [-0.05, 0) is 24.0 Å². The molecule has 0 atom stereocenters. The maximum absolute atomic E-state index is 4.59. The van der Waals surface area contributed by atoms with Crippen LogP contribution >= 0.6 is 11.3 Å². The normalized spacial score (nSPS) is 11.5. The monoisotopic (exact) mass is 243 g/mol. The molecule has 86 valence electrons. The Morgan fingerprint density at radius 1 is 1.35 bits per heavy atom. The maximum atomic E-state index is 4.59. The summed E-state index contributed by atoms with van der Waals surface area (Å²) in [5.74, 6) is 0. The van der Waals surface area contributed by atoms with Gasteiger partial charge in [-0.15, -0.1) is 11.3 Å². The van der Waals surface area contributed by atoms with E-state index in [1.54, 1.807) is 0 Å². The van der Waals surface area contributed by atoms with Crippen molar-refractivity contribution < 1.29 is 4.57 Å². The molecule has 0 saturated carbocycles. The van der Waals surface area contributed by atoms with E-state index in [0.717, 1.165) is 11.9 Å². The van der Waals surface area contributed by atoms with Gasteiger partial charge in [0.05, 0.1) is 7.05 Å². The van der Waals surface area contributed by atoms with Gasteiger partial charge in [-0.2, -0.15) is 0 Å². The van der Waals surface area contributed by atoms with Crippen LogP contribution in [0.15, 0.2) is 24.5 Å². The third-order valence-electron chi connectivity index (χ3n) is 3.20. The first-order chi connectivity index (χ1) is 8.20. The number of hydrogen-bond donors (Lipinski definition) is 0. The zero-order chi connectivity index (χ0) is 12.0. The van der Waals surface area contributed by atoms with Crippen LogP contribution in [0.4, 0.5) is 0 Å². The minimum absolute atomic E-state index is 1.04. The fraction of sp³-hybridized carbons (Fsp3) is 0.286. The van der Waals surface area contributed by atoms with Crippen LogP contribution in [0.3, 0.4) is 0 Å². The predicted molar refractivity (Wildman–Crippen MR) is 72.4 cm³/mol. The Morgan fingerprint density at radius 3 is 2.94 bits per heavy atom. The van der Waals surface area contributed by atoms with Gasteiger partial charge in [0.1, 0.15) is 10.4 Å². The molecule has 0 spiro atoms. The molecule has 0 fully saturated rings. The zero-order valence-electron chi connectivity index (χ0n) is 10.3. The molecule has 3 rings (SSSR count). The third kappa shape index (κ3) is 1.53. The first kappa shape index (κ1) is 10.7. The van der Waals surface area contributed by atoms with Crippen LogP contribution in [0, 0.1) is 6.92 Å². The van der Waals surface area contributed by atoms with Gasteiger partial charge >= 0.3 is 0 Å². The summed E-state index contributed by atoms with van der Waals surface area (Å²) in [4.78, 5) is 4.59. The van der Waals surface area contributed by atoms with Gasteiger partial charge in [-0.1, -0.05) is 18.6 Å². The lowest BCUT2D eigenvalue weighted by molar-refractivity contribution is -0.680. The SMILES string of the molecule is CCc1c2sc3ccc(C)cc3c2nc[n+]1C. The van der Waals surface area contributed by atoms with Crippen LogP contribution < -0.4 is 4.57 Å². The molecule has 0 bridgehead atoms. The molecule has 0 unspecified atom stereocenters. The van der Waals surface area contributed by atoms with Crippen molar-refractivity contribution in [1.29, 1.82) is 0 Å². The number of aryl methyl sites for hydroxylation is 3. The molecular weight excluding hydrogens is 228 g/mol. The minimum atomic E-state index is 1.04. The van der Waals surface area contributed by atoms with Crippen molar-refractivity contribution >= 4 is 31.6 Å². The molecule has 0 aliphatic rings. The molecule has 17 heavy (non-hydrogen) atoms. The van der Waals surface area contributed by atoms with E-state index in [-0.39, 0.29) is 0 Å². The summed E-state index contributed by atoms with van der Waals surface area (Å²) in [6, 6.07) is 6.61.